The minimum absolute atomic E-state index is 0.0306. The minimum Gasteiger partial charge on any atom is -0.352 e. The molecule has 154 valence electrons. The summed E-state index contributed by atoms with van der Waals surface area (Å²) in [6.07, 6.45) is 0.661. The van der Waals surface area contributed by atoms with Crippen LogP contribution in [-0.2, 0) is 6.42 Å². The van der Waals surface area contributed by atoms with Crippen molar-refractivity contribution in [3.8, 4) is 0 Å². The molecule has 1 heterocycles. The number of imide groups is 1. The number of anilines is 1. The molecule has 0 aliphatic carbocycles. The number of carbonyl (C=O) groups is 3. The minimum atomic E-state index is -0.783. The van der Waals surface area contributed by atoms with E-state index in [0.29, 0.717) is 13.0 Å². The van der Waals surface area contributed by atoms with Gasteiger partial charge in [0.25, 0.3) is 23.4 Å². The average Bonchev–Trinajstić information content (AvgIpc) is 3.04. The van der Waals surface area contributed by atoms with Gasteiger partial charge in [0.1, 0.15) is 5.56 Å². The van der Waals surface area contributed by atoms with E-state index in [1.807, 2.05) is 30.3 Å². The van der Waals surface area contributed by atoms with E-state index in [1.165, 1.54) is 30.3 Å². The van der Waals surface area contributed by atoms with Gasteiger partial charge in [-0.1, -0.05) is 42.5 Å². The van der Waals surface area contributed by atoms with Crippen molar-refractivity contribution in [3.63, 3.8) is 0 Å². The van der Waals surface area contributed by atoms with Crippen molar-refractivity contribution in [1.29, 1.82) is 0 Å². The first-order valence-corrected chi connectivity index (χ1v) is 9.56. The molecular weight excluding hydrogens is 398 g/mol. The molecule has 3 aromatic carbocycles. The number of nitrogens with zero attached hydrogens (tertiary/aromatic N) is 2. The summed E-state index contributed by atoms with van der Waals surface area (Å²) in [6, 6.07) is 19.7. The van der Waals surface area contributed by atoms with E-state index in [9.17, 15) is 24.5 Å². The van der Waals surface area contributed by atoms with Crippen molar-refractivity contribution in [2.24, 2.45) is 0 Å². The largest absolute Gasteiger partial charge is 0.352 e. The smallest absolute Gasteiger partial charge is 0.283 e. The molecule has 4 rings (SSSR count). The zero-order valence-corrected chi connectivity index (χ0v) is 16.3. The van der Waals surface area contributed by atoms with E-state index in [4.69, 9.17) is 0 Å². The third kappa shape index (κ3) is 3.78. The normalized spacial score (nSPS) is 12.6. The highest BCUT2D eigenvalue weighted by atomic mass is 16.6. The van der Waals surface area contributed by atoms with Gasteiger partial charge in [-0.3, -0.25) is 24.5 Å². The van der Waals surface area contributed by atoms with Gasteiger partial charge in [0.05, 0.1) is 16.2 Å². The van der Waals surface area contributed by atoms with Crippen molar-refractivity contribution >= 4 is 29.1 Å². The zero-order chi connectivity index (χ0) is 22.0. The summed E-state index contributed by atoms with van der Waals surface area (Å²) in [5.74, 6) is -1.79. The summed E-state index contributed by atoms with van der Waals surface area (Å²) < 4.78 is 0. The maximum Gasteiger partial charge on any atom is 0.283 e. The van der Waals surface area contributed by atoms with Crippen molar-refractivity contribution in [2.45, 2.75) is 6.42 Å². The number of fused-ring (bicyclic) bond motifs is 1. The molecule has 0 spiro atoms. The van der Waals surface area contributed by atoms with Gasteiger partial charge in [-0.25, -0.2) is 4.90 Å². The second-order valence-electron chi connectivity index (χ2n) is 6.94. The molecule has 1 N–H and O–H groups in total. The lowest BCUT2D eigenvalue weighted by molar-refractivity contribution is -0.385. The molecule has 0 unspecified atom stereocenters. The summed E-state index contributed by atoms with van der Waals surface area (Å²) in [5, 5.41) is 14.1. The molecule has 0 saturated carbocycles. The molecule has 0 radical (unpaired) electrons. The number of amides is 3. The number of rotatable bonds is 6. The highest BCUT2D eigenvalue weighted by Crippen LogP contribution is 2.34. The molecule has 0 saturated heterocycles. The van der Waals surface area contributed by atoms with Gasteiger partial charge in [-0.2, -0.15) is 0 Å². The molecule has 0 fully saturated rings. The molecule has 1 aliphatic rings. The molecule has 31 heavy (non-hydrogen) atoms. The third-order valence-corrected chi connectivity index (χ3v) is 5.00. The van der Waals surface area contributed by atoms with Crippen LogP contribution < -0.4 is 10.2 Å². The number of benzene rings is 3. The van der Waals surface area contributed by atoms with Crippen LogP contribution >= 0.6 is 0 Å². The Morgan fingerprint density at radius 1 is 0.935 bits per heavy atom. The fraction of sp³-hybridized carbons (Fsp3) is 0.0870. The highest BCUT2D eigenvalue weighted by molar-refractivity contribution is 6.35. The van der Waals surface area contributed by atoms with E-state index in [-0.39, 0.29) is 28.3 Å². The maximum absolute atomic E-state index is 12.8. The predicted octanol–water partition coefficient (Wildman–Crippen LogP) is 3.37. The number of nitrogens with one attached hydrogen (secondary N) is 1. The number of carbonyl (C=O) groups excluding carboxylic acids is 3. The monoisotopic (exact) mass is 415 g/mol. The van der Waals surface area contributed by atoms with Gasteiger partial charge in [-0.15, -0.1) is 0 Å². The molecule has 0 bridgehead atoms. The van der Waals surface area contributed by atoms with Crippen LogP contribution in [0.2, 0.25) is 0 Å². The summed E-state index contributed by atoms with van der Waals surface area (Å²) >= 11 is 0. The topological polar surface area (TPSA) is 110 Å². The summed E-state index contributed by atoms with van der Waals surface area (Å²) in [7, 11) is 0. The first-order chi connectivity index (χ1) is 15.0. The standard InChI is InChI=1S/C23H17N3O5/c27-21(24-13-12-15-6-2-1-3-7-15)16-8-4-9-17(14-16)25-22(28)18-10-5-11-19(26(30)31)20(18)23(25)29/h1-11,14H,12-13H2,(H,24,27). The van der Waals surface area contributed by atoms with Crippen molar-refractivity contribution in [3.05, 3.63) is 105 Å². The van der Waals surface area contributed by atoms with Crippen LogP contribution in [0.3, 0.4) is 0 Å². The molecule has 8 nitrogen and oxygen atoms in total. The molecule has 0 aromatic heterocycles. The van der Waals surface area contributed by atoms with Crippen LogP contribution in [0.1, 0.15) is 36.6 Å². The van der Waals surface area contributed by atoms with E-state index in [0.717, 1.165) is 10.5 Å². The number of hydrogen-bond acceptors (Lipinski definition) is 5. The summed E-state index contributed by atoms with van der Waals surface area (Å²) in [5.41, 5.74) is 0.845. The van der Waals surface area contributed by atoms with Gasteiger partial charge < -0.3 is 5.32 Å². The van der Waals surface area contributed by atoms with Crippen LogP contribution in [0, 0.1) is 10.1 Å². The summed E-state index contributed by atoms with van der Waals surface area (Å²) in [4.78, 5) is 49.6. The Hall–Kier alpha value is -4.33. The Bertz CT molecular complexity index is 1210. The third-order valence-electron chi connectivity index (χ3n) is 5.00. The second-order valence-corrected chi connectivity index (χ2v) is 6.94. The SMILES string of the molecule is O=C(NCCc1ccccc1)c1cccc(N2C(=O)c3cccc([N+](=O)[O-])c3C2=O)c1. The van der Waals surface area contributed by atoms with E-state index < -0.39 is 22.4 Å². The van der Waals surface area contributed by atoms with E-state index in [2.05, 4.69) is 5.32 Å². The number of nitro groups is 1. The molecule has 3 aromatic rings. The second kappa shape index (κ2) is 8.19. The maximum atomic E-state index is 12.8. The molecular formula is C23H17N3O5. The quantitative estimate of drug-likeness (QED) is 0.377. The fourth-order valence-corrected chi connectivity index (χ4v) is 3.51. The average molecular weight is 415 g/mol. The van der Waals surface area contributed by atoms with Gasteiger partial charge in [0.2, 0.25) is 0 Å². The van der Waals surface area contributed by atoms with Crippen LogP contribution in [-0.4, -0.2) is 29.2 Å². The van der Waals surface area contributed by atoms with Crippen LogP contribution in [0.15, 0.2) is 72.8 Å². The fourth-order valence-electron chi connectivity index (χ4n) is 3.51. The van der Waals surface area contributed by atoms with Crippen molar-refractivity contribution in [2.75, 3.05) is 11.4 Å². The zero-order valence-electron chi connectivity index (χ0n) is 16.3. The van der Waals surface area contributed by atoms with Gasteiger partial charge in [0.15, 0.2) is 0 Å². The lowest BCUT2D eigenvalue weighted by atomic mass is 10.1. The molecule has 8 heteroatoms. The van der Waals surface area contributed by atoms with Crippen molar-refractivity contribution in [1.82, 2.24) is 5.32 Å². The lowest BCUT2D eigenvalue weighted by Crippen LogP contribution is -2.30. The van der Waals surface area contributed by atoms with Crippen LogP contribution in [0.5, 0.6) is 0 Å². The van der Waals surface area contributed by atoms with E-state index >= 15 is 0 Å². The Labute approximate surface area is 177 Å². The Kier molecular flexibility index (Phi) is 5.28. The molecule has 0 atom stereocenters. The van der Waals surface area contributed by atoms with Gasteiger partial charge in [0, 0.05) is 18.2 Å². The number of nitro benzene ring substituents is 1. The first-order valence-electron chi connectivity index (χ1n) is 9.56. The van der Waals surface area contributed by atoms with Gasteiger partial charge >= 0.3 is 0 Å². The predicted molar refractivity (Wildman–Crippen MR) is 113 cm³/mol. The van der Waals surface area contributed by atoms with Crippen LogP contribution in [0.25, 0.3) is 0 Å². The summed E-state index contributed by atoms with van der Waals surface area (Å²) in [6.45, 7) is 0.423. The molecule has 3 amide bonds. The first kappa shape index (κ1) is 20.0. The van der Waals surface area contributed by atoms with E-state index in [1.54, 1.807) is 12.1 Å². The van der Waals surface area contributed by atoms with Crippen LogP contribution in [0.4, 0.5) is 11.4 Å². The highest BCUT2D eigenvalue weighted by Gasteiger charge is 2.41. The van der Waals surface area contributed by atoms with Crippen molar-refractivity contribution < 1.29 is 19.3 Å². The number of hydrogen-bond donors (Lipinski definition) is 1. The Balaban J connectivity index is 1.54. The lowest BCUT2D eigenvalue weighted by Gasteiger charge is -2.15. The Morgan fingerprint density at radius 2 is 1.68 bits per heavy atom. The Morgan fingerprint density at radius 3 is 2.42 bits per heavy atom. The van der Waals surface area contributed by atoms with Gasteiger partial charge in [-0.05, 0) is 36.2 Å². The molecule has 1 aliphatic heterocycles.